The van der Waals surface area contributed by atoms with E-state index in [1.807, 2.05) is 0 Å². The summed E-state index contributed by atoms with van der Waals surface area (Å²) >= 11 is 0. The van der Waals surface area contributed by atoms with Crippen LogP contribution in [0, 0.1) is 11.8 Å². The van der Waals surface area contributed by atoms with Crippen LogP contribution in [0.4, 0.5) is 0 Å². The van der Waals surface area contributed by atoms with Gasteiger partial charge in [-0.3, -0.25) is 37.3 Å². The van der Waals surface area contributed by atoms with Crippen molar-refractivity contribution in [3.05, 3.63) is 0 Å². The van der Waals surface area contributed by atoms with Gasteiger partial charge in [0.1, 0.15) is 19.3 Å². The maximum Gasteiger partial charge on any atom is 0.472 e. The molecule has 0 aliphatic heterocycles. The van der Waals surface area contributed by atoms with Crippen molar-refractivity contribution in [2.75, 3.05) is 39.6 Å². The van der Waals surface area contributed by atoms with Crippen LogP contribution in [0.25, 0.3) is 0 Å². The number of phosphoric ester groups is 2. The third kappa shape index (κ3) is 72.8. The molecule has 0 aromatic carbocycles. The smallest absolute Gasteiger partial charge is 0.462 e. The van der Waals surface area contributed by atoms with Gasteiger partial charge in [-0.1, -0.05) is 369 Å². The molecule has 0 fully saturated rings. The average molecular weight is 1450 g/mol. The molecule has 588 valence electrons. The number of hydrogen-bond acceptors (Lipinski definition) is 15. The largest absolute Gasteiger partial charge is 0.472 e. The molecule has 0 rings (SSSR count). The molecular formula is C80H156O17P2. The third-order valence-electron chi connectivity index (χ3n) is 19.1. The Balaban J connectivity index is 5.20. The zero-order chi connectivity index (χ0) is 72.8. The van der Waals surface area contributed by atoms with Gasteiger partial charge in [0.25, 0.3) is 0 Å². The van der Waals surface area contributed by atoms with Crippen LogP contribution in [-0.4, -0.2) is 96.7 Å². The van der Waals surface area contributed by atoms with E-state index in [-0.39, 0.29) is 25.7 Å². The highest BCUT2D eigenvalue weighted by Gasteiger charge is 2.30. The van der Waals surface area contributed by atoms with Crippen molar-refractivity contribution in [2.24, 2.45) is 11.8 Å². The molecule has 0 aromatic rings. The van der Waals surface area contributed by atoms with Crippen molar-refractivity contribution in [2.45, 2.75) is 439 Å². The second-order valence-corrected chi connectivity index (χ2v) is 32.4. The van der Waals surface area contributed by atoms with Gasteiger partial charge in [0, 0.05) is 25.7 Å². The van der Waals surface area contributed by atoms with Crippen molar-refractivity contribution in [3.8, 4) is 0 Å². The monoisotopic (exact) mass is 1450 g/mol. The lowest BCUT2D eigenvalue weighted by Crippen LogP contribution is -2.30. The molecule has 0 heterocycles. The Hall–Kier alpha value is -1.94. The number of rotatable bonds is 79. The maximum atomic E-state index is 13.1. The minimum absolute atomic E-state index is 0.106. The van der Waals surface area contributed by atoms with Crippen LogP contribution in [0.5, 0.6) is 0 Å². The zero-order valence-electron chi connectivity index (χ0n) is 64.8. The first-order valence-electron chi connectivity index (χ1n) is 41.5. The van der Waals surface area contributed by atoms with Gasteiger partial charge in [-0.25, -0.2) is 9.13 Å². The third-order valence-corrected chi connectivity index (χ3v) is 21.0. The number of carbonyl (C=O) groups excluding carboxylic acids is 4. The Morgan fingerprint density at radius 2 is 0.515 bits per heavy atom. The summed E-state index contributed by atoms with van der Waals surface area (Å²) in [6.07, 6.45) is 61.1. The molecule has 0 saturated heterocycles. The number of aliphatic hydroxyl groups excluding tert-OH is 1. The predicted molar refractivity (Wildman–Crippen MR) is 405 cm³/mol. The number of hydrogen-bond donors (Lipinski definition) is 3. The number of phosphoric acid groups is 2. The van der Waals surface area contributed by atoms with E-state index in [1.54, 1.807) is 0 Å². The molecule has 0 aliphatic rings. The van der Waals surface area contributed by atoms with E-state index in [9.17, 15) is 43.2 Å². The lowest BCUT2D eigenvalue weighted by atomic mass is 9.99. The molecule has 0 saturated carbocycles. The van der Waals surface area contributed by atoms with Gasteiger partial charge in [0.15, 0.2) is 12.2 Å². The zero-order valence-corrected chi connectivity index (χ0v) is 66.6. The second-order valence-electron chi connectivity index (χ2n) is 29.5. The summed E-state index contributed by atoms with van der Waals surface area (Å²) in [6, 6.07) is 0. The molecule has 0 aromatic heterocycles. The van der Waals surface area contributed by atoms with E-state index in [4.69, 9.17) is 37.0 Å². The van der Waals surface area contributed by atoms with Crippen LogP contribution in [0.1, 0.15) is 420 Å². The maximum absolute atomic E-state index is 13.1. The lowest BCUT2D eigenvalue weighted by molar-refractivity contribution is -0.161. The first-order valence-corrected chi connectivity index (χ1v) is 44.5. The highest BCUT2D eigenvalue weighted by molar-refractivity contribution is 7.47. The van der Waals surface area contributed by atoms with Gasteiger partial charge in [0.05, 0.1) is 26.4 Å². The van der Waals surface area contributed by atoms with E-state index in [1.165, 1.54) is 231 Å². The van der Waals surface area contributed by atoms with Gasteiger partial charge in [0.2, 0.25) is 0 Å². The highest BCUT2D eigenvalue weighted by Crippen LogP contribution is 2.45. The molecule has 0 spiro atoms. The Labute approximate surface area is 607 Å². The highest BCUT2D eigenvalue weighted by atomic mass is 31.2. The molecule has 3 N–H and O–H groups in total. The fourth-order valence-corrected chi connectivity index (χ4v) is 13.9. The number of esters is 4. The van der Waals surface area contributed by atoms with E-state index >= 15 is 0 Å². The van der Waals surface area contributed by atoms with Crippen molar-refractivity contribution in [1.29, 1.82) is 0 Å². The standard InChI is InChI=1S/C80H156O17P2/c1-7-10-12-14-16-18-19-20-21-22-23-24-25-26-27-30-34-40-46-52-58-64-79(84)97-76(69-91-78(83)63-57-51-45-39-33-31-28-29-32-37-42-48-54-60-72(4)5)71-95-99(88,89)93-67-74(81)66-92-98(86,87)94-70-75(68-90-77(82)62-56-50-44-17-15-13-11-8-2)96-80(85)65-59-53-47-41-36-35-38-43-49-55-61-73(6)9-3/h72-76,81H,7-71H2,1-6H3,(H,86,87)(H,88,89)/t73?,74-,75+,76+/m0/s1. The Kier molecular flexibility index (Phi) is 70.3. The summed E-state index contributed by atoms with van der Waals surface area (Å²) in [5, 5.41) is 10.6. The summed E-state index contributed by atoms with van der Waals surface area (Å²) in [4.78, 5) is 72.9. The fourth-order valence-electron chi connectivity index (χ4n) is 12.3. The Morgan fingerprint density at radius 1 is 0.293 bits per heavy atom. The van der Waals surface area contributed by atoms with Crippen LogP contribution in [0.15, 0.2) is 0 Å². The number of ether oxygens (including phenoxy) is 4. The summed E-state index contributed by atoms with van der Waals surface area (Å²) in [5.41, 5.74) is 0. The molecule has 3 unspecified atom stereocenters. The van der Waals surface area contributed by atoms with E-state index in [2.05, 4.69) is 41.5 Å². The van der Waals surface area contributed by atoms with Crippen LogP contribution < -0.4 is 0 Å². The predicted octanol–water partition coefficient (Wildman–Crippen LogP) is 23.9. The molecule has 0 aliphatic carbocycles. The van der Waals surface area contributed by atoms with Gasteiger partial charge < -0.3 is 33.8 Å². The van der Waals surface area contributed by atoms with Crippen LogP contribution in [-0.2, 0) is 65.4 Å². The van der Waals surface area contributed by atoms with Gasteiger partial charge in [-0.2, -0.15) is 0 Å². The molecule has 6 atom stereocenters. The van der Waals surface area contributed by atoms with Gasteiger partial charge >= 0.3 is 39.5 Å². The van der Waals surface area contributed by atoms with E-state index in [0.29, 0.717) is 25.7 Å². The first-order chi connectivity index (χ1) is 47.9. The first kappa shape index (κ1) is 97.1. The molecule has 0 amide bonds. The molecule has 17 nitrogen and oxygen atoms in total. The summed E-state index contributed by atoms with van der Waals surface area (Å²) in [7, 11) is -9.91. The SMILES string of the molecule is CCCCCCCCCCCCCCCCCCCCCCCC(=O)O[C@H](COC(=O)CCCCCCCCCCCCCCCC(C)C)COP(=O)(O)OC[C@@H](O)COP(=O)(O)OC[C@@H](COC(=O)CCCCCCCCCC)OC(=O)CCCCCCCCCCCCC(C)CC. The quantitative estimate of drug-likeness (QED) is 0.0222. The van der Waals surface area contributed by atoms with E-state index < -0.39 is 97.5 Å². The normalized spacial score (nSPS) is 14.2. The fraction of sp³-hybridized carbons (Fsp3) is 0.950. The molecule has 99 heavy (non-hydrogen) atoms. The number of aliphatic hydroxyl groups is 1. The lowest BCUT2D eigenvalue weighted by Gasteiger charge is -2.21. The van der Waals surface area contributed by atoms with Crippen molar-refractivity contribution >= 4 is 39.5 Å². The summed E-state index contributed by atoms with van der Waals surface area (Å²) < 4.78 is 68.6. The molecular weight excluding hydrogens is 1290 g/mol. The van der Waals surface area contributed by atoms with Crippen LogP contribution in [0.3, 0.4) is 0 Å². The minimum atomic E-state index is -4.96. The van der Waals surface area contributed by atoms with Crippen molar-refractivity contribution in [1.82, 2.24) is 0 Å². The topological polar surface area (TPSA) is 237 Å². The van der Waals surface area contributed by atoms with Crippen molar-refractivity contribution in [3.63, 3.8) is 0 Å². The van der Waals surface area contributed by atoms with Crippen molar-refractivity contribution < 1.29 is 80.2 Å². The number of unbranched alkanes of at least 4 members (excludes halogenated alkanes) is 48. The molecule has 19 heteroatoms. The summed E-state index contributed by atoms with van der Waals surface area (Å²) in [6.45, 7) is 9.64. The summed E-state index contributed by atoms with van der Waals surface area (Å²) in [5.74, 6) is -0.519. The Morgan fingerprint density at radius 3 is 0.768 bits per heavy atom. The second kappa shape index (κ2) is 71.7. The molecule has 0 radical (unpaired) electrons. The van der Waals surface area contributed by atoms with Gasteiger partial charge in [-0.05, 0) is 37.5 Å². The van der Waals surface area contributed by atoms with E-state index in [0.717, 1.165) is 108 Å². The average Bonchev–Trinajstić information content (AvgIpc) is 1.12. The van der Waals surface area contributed by atoms with Crippen LogP contribution in [0.2, 0.25) is 0 Å². The minimum Gasteiger partial charge on any atom is -0.462 e. The Bertz CT molecular complexity index is 1910. The number of carbonyl (C=O) groups is 4. The molecule has 0 bridgehead atoms. The van der Waals surface area contributed by atoms with Crippen LogP contribution >= 0.6 is 15.6 Å². The van der Waals surface area contributed by atoms with Gasteiger partial charge in [-0.15, -0.1) is 0 Å².